The zero-order valence-electron chi connectivity index (χ0n) is 15.4. The van der Waals surface area contributed by atoms with Gasteiger partial charge in [-0.2, -0.15) is 4.37 Å². The smallest absolute Gasteiger partial charge is 0.265 e. The second kappa shape index (κ2) is 8.09. The number of aromatic nitrogens is 2. The maximum atomic E-state index is 12.7. The number of rotatable bonds is 5. The molecule has 0 atom stereocenters. The molecular weight excluding hydrogens is 360 g/mol. The van der Waals surface area contributed by atoms with E-state index < -0.39 is 0 Å². The fraction of sp³-hybridized carbons (Fsp3) is 0.200. The van der Waals surface area contributed by atoms with Crippen LogP contribution >= 0.6 is 11.5 Å². The van der Waals surface area contributed by atoms with Crippen molar-refractivity contribution >= 4 is 29.0 Å². The molecule has 0 spiro atoms. The van der Waals surface area contributed by atoms with Gasteiger partial charge < -0.3 is 10.6 Å². The molecule has 0 saturated heterocycles. The third-order valence-corrected chi connectivity index (χ3v) is 5.02. The lowest BCUT2D eigenvalue weighted by Gasteiger charge is -2.09. The number of hydrogen-bond acceptors (Lipinski definition) is 5. The Bertz CT molecular complexity index is 983. The SMILES string of the molecule is CC(=O)Nc1c(-c2ccncc2)nsc1C(=O)NCc1ccc(C)c(C)c1. The first kappa shape index (κ1) is 18.7. The summed E-state index contributed by atoms with van der Waals surface area (Å²) in [7, 11) is 0. The van der Waals surface area contributed by atoms with Crippen LogP contribution in [0.15, 0.2) is 42.7 Å². The van der Waals surface area contributed by atoms with E-state index in [1.807, 2.05) is 19.1 Å². The van der Waals surface area contributed by atoms with Crippen LogP contribution in [0.3, 0.4) is 0 Å². The van der Waals surface area contributed by atoms with E-state index >= 15 is 0 Å². The fourth-order valence-electron chi connectivity index (χ4n) is 2.62. The molecule has 0 saturated carbocycles. The van der Waals surface area contributed by atoms with Crippen LogP contribution in [0.5, 0.6) is 0 Å². The third kappa shape index (κ3) is 4.38. The van der Waals surface area contributed by atoms with Crippen molar-refractivity contribution in [2.75, 3.05) is 5.32 Å². The molecule has 7 heteroatoms. The summed E-state index contributed by atoms with van der Waals surface area (Å²) in [5, 5.41) is 5.65. The van der Waals surface area contributed by atoms with Gasteiger partial charge in [-0.1, -0.05) is 18.2 Å². The number of carbonyl (C=O) groups excluding carboxylic acids is 2. The fourth-order valence-corrected chi connectivity index (χ4v) is 3.39. The highest BCUT2D eigenvalue weighted by Gasteiger charge is 2.21. The van der Waals surface area contributed by atoms with E-state index in [0.29, 0.717) is 22.8 Å². The normalized spacial score (nSPS) is 10.5. The summed E-state index contributed by atoms with van der Waals surface area (Å²) in [6.07, 6.45) is 3.29. The molecule has 0 fully saturated rings. The number of benzene rings is 1. The summed E-state index contributed by atoms with van der Waals surface area (Å²) in [6.45, 7) is 5.90. The van der Waals surface area contributed by atoms with Crippen LogP contribution in [-0.2, 0) is 11.3 Å². The molecule has 0 aliphatic carbocycles. The van der Waals surface area contributed by atoms with E-state index in [-0.39, 0.29) is 11.8 Å². The van der Waals surface area contributed by atoms with Crippen LogP contribution in [0.25, 0.3) is 11.3 Å². The molecule has 3 aromatic rings. The Morgan fingerprint density at radius 3 is 2.48 bits per heavy atom. The molecule has 6 nitrogen and oxygen atoms in total. The van der Waals surface area contributed by atoms with Gasteiger partial charge in [-0.3, -0.25) is 14.6 Å². The zero-order valence-corrected chi connectivity index (χ0v) is 16.2. The molecule has 2 heterocycles. The summed E-state index contributed by atoms with van der Waals surface area (Å²) < 4.78 is 4.38. The van der Waals surface area contributed by atoms with Crippen LogP contribution in [0.1, 0.15) is 33.3 Å². The number of nitrogens with zero attached hydrogens (tertiary/aromatic N) is 2. The van der Waals surface area contributed by atoms with Gasteiger partial charge >= 0.3 is 0 Å². The number of pyridine rings is 1. The maximum Gasteiger partial charge on any atom is 0.265 e. The van der Waals surface area contributed by atoms with Gasteiger partial charge in [-0.05, 0) is 54.2 Å². The Hall–Kier alpha value is -3.06. The average Bonchev–Trinajstić information content (AvgIpc) is 3.06. The minimum Gasteiger partial charge on any atom is -0.347 e. The summed E-state index contributed by atoms with van der Waals surface area (Å²) >= 11 is 1.06. The van der Waals surface area contributed by atoms with Crippen LogP contribution in [0.4, 0.5) is 5.69 Å². The van der Waals surface area contributed by atoms with Crippen molar-refractivity contribution < 1.29 is 9.59 Å². The highest BCUT2D eigenvalue weighted by atomic mass is 32.1. The second-order valence-corrected chi connectivity index (χ2v) is 7.03. The minimum atomic E-state index is -0.269. The van der Waals surface area contributed by atoms with Gasteiger partial charge in [0.1, 0.15) is 10.6 Å². The van der Waals surface area contributed by atoms with Gasteiger partial charge in [0.25, 0.3) is 5.91 Å². The second-order valence-electron chi connectivity index (χ2n) is 6.25. The lowest BCUT2D eigenvalue weighted by Crippen LogP contribution is -2.23. The minimum absolute atomic E-state index is 0.256. The molecule has 1 aromatic carbocycles. The summed E-state index contributed by atoms with van der Waals surface area (Å²) in [6, 6.07) is 9.66. The monoisotopic (exact) mass is 380 g/mol. The number of nitrogens with one attached hydrogen (secondary N) is 2. The third-order valence-electron chi connectivity index (χ3n) is 4.18. The molecule has 27 heavy (non-hydrogen) atoms. The van der Waals surface area contributed by atoms with Crippen molar-refractivity contribution in [3.63, 3.8) is 0 Å². The first-order valence-corrected chi connectivity index (χ1v) is 9.25. The van der Waals surface area contributed by atoms with E-state index in [2.05, 4.69) is 33.0 Å². The van der Waals surface area contributed by atoms with Gasteiger partial charge in [-0.15, -0.1) is 0 Å². The first-order chi connectivity index (χ1) is 13.0. The number of amides is 2. The highest BCUT2D eigenvalue weighted by molar-refractivity contribution is 7.09. The predicted octanol–water partition coefficient (Wildman–Crippen LogP) is 3.71. The van der Waals surface area contributed by atoms with E-state index in [0.717, 1.165) is 22.7 Å². The molecule has 0 unspecified atom stereocenters. The molecule has 2 aromatic heterocycles. The summed E-state index contributed by atoms with van der Waals surface area (Å²) in [4.78, 5) is 28.7. The van der Waals surface area contributed by atoms with Gasteiger partial charge in [-0.25, -0.2) is 0 Å². The van der Waals surface area contributed by atoms with Gasteiger partial charge in [0.15, 0.2) is 0 Å². The lowest BCUT2D eigenvalue weighted by atomic mass is 10.1. The summed E-state index contributed by atoms with van der Waals surface area (Å²) in [5.41, 5.74) is 5.19. The Morgan fingerprint density at radius 2 is 1.81 bits per heavy atom. The van der Waals surface area contributed by atoms with E-state index in [4.69, 9.17) is 0 Å². The molecule has 3 rings (SSSR count). The number of aryl methyl sites for hydroxylation is 2. The topological polar surface area (TPSA) is 84.0 Å². The van der Waals surface area contributed by atoms with Crippen LogP contribution < -0.4 is 10.6 Å². The van der Waals surface area contributed by atoms with Crippen molar-refractivity contribution in [2.45, 2.75) is 27.3 Å². The number of anilines is 1. The molecule has 138 valence electrons. The highest BCUT2D eigenvalue weighted by Crippen LogP contribution is 2.33. The molecule has 0 radical (unpaired) electrons. The predicted molar refractivity (Wildman–Crippen MR) is 107 cm³/mol. The maximum absolute atomic E-state index is 12.7. The average molecular weight is 380 g/mol. The zero-order chi connectivity index (χ0) is 19.4. The standard InChI is InChI=1S/C20H20N4O2S/c1-12-4-5-15(10-13(12)2)11-22-20(26)19-18(23-14(3)25)17(24-27-19)16-6-8-21-9-7-16/h4-10H,11H2,1-3H3,(H,22,26)(H,23,25). The Kier molecular flexibility index (Phi) is 5.61. The largest absolute Gasteiger partial charge is 0.347 e. The molecule has 2 N–H and O–H groups in total. The van der Waals surface area contributed by atoms with Gasteiger partial charge in [0.05, 0.1) is 5.69 Å². The lowest BCUT2D eigenvalue weighted by molar-refractivity contribution is -0.114. The van der Waals surface area contributed by atoms with Crippen molar-refractivity contribution in [1.82, 2.24) is 14.7 Å². The molecule has 0 aliphatic heterocycles. The van der Waals surface area contributed by atoms with Crippen LogP contribution in [-0.4, -0.2) is 21.2 Å². The first-order valence-electron chi connectivity index (χ1n) is 8.47. The van der Waals surface area contributed by atoms with Crippen LogP contribution in [0, 0.1) is 13.8 Å². The van der Waals surface area contributed by atoms with E-state index in [9.17, 15) is 9.59 Å². The Morgan fingerprint density at radius 1 is 1.07 bits per heavy atom. The molecule has 0 aliphatic rings. The van der Waals surface area contributed by atoms with Gasteiger partial charge in [0.2, 0.25) is 5.91 Å². The Labute approximate surface area is 161 Å². The van der Waals surface area contributed by atoms with E-state index in [1.165, 1.54) is 18.1 Å². The van der Waals surface area contributed by atoms with Crippen molar-refractivity contribution in [2.24, 2.45) is 0 Å². The van der Waals surface area contributed by atoms with Crippen molar-refractivity contribution in [3.05, 3.63) is 64.3 Å². The van der Waals surface area contributed by atoms with E-state index in [1.54, 1.807) is 24.5 Å². The van der Waals surface area contributed by atoms with Gasteiger partial charge in [0, 0.05) is 31.4 Å². The van der Waals surface area contributed by atoms with Crippen molar-refractivity contribution in [1.29, 1.82) is 0 Å². The molecular formula is C20H20N4O2S. The summed E-state index contributed by atoms with van der Waals surface area (Å²) in [5.74, 6) is -0.525. The number of hydrogen-bond donors (Lipinski definition) is 2. The molecule has 2 amide bonds. The van der Waals surface area contributed by atoms with Crippen LogP contribution in [0.2, 0.25) is 0 Å². The van der Waals surface area contributed by atoms with Crippen molar-refractivity contribution in [3.8, 4) is 11.3 Å². The number of carbonyl (C=O) groups is 2. The quantitative estimate of drug-likeness (QED) is 0.707. The Balaban J connectivity index is 1.84. The molecule has 0 bridgehead atoms.